The van der Waals surface area contributed by atoms with Crippen molar-refractivity contribution in [3.63, 3.8) is 0 Å². The molecular formula is C58H64N12O8. The number of aliphatic hydroxyl groups excluding tert-OH is 3. The van der Waals surface area contributed by atoms with Gasteiger partial charge in [-0.15, -0.1) is 0 Å². The molecule has 0 fully saturated rings. The Balaban J connectivity index is 0.987. The van der Waals surface area contributed by atoms with E-state index in [1.807, 2.05) is 12.1 Å². The molecule has 4 heterocycles. The fourth-order valence-electron chi connectivity index (χ4n) is 9.05. The summed E-state index contributed by atoms with van der Waals surface area (Å²) in [5.74, 6) is -1.73. The van der Waals surface area contributed by atoms with Crippen molar-refractivity contribution in [2.75, 3.05) is 71.5 Å². The number of nitrogens with one attached hydrogen (secondary N) is 6. The average Bonchev–Trinajstić information content (AvgIpc) is 3.68. The van der Waals surface area contributed by atoms with Crippen LogP contribution >= 0.6 is 0 Å². The number of amides is 6. The van der Waals surface area contributed by atoms with Crippen molar-refractivity contribution in [3.8, 4) is 0 Å². The van der Waals surface area contributed by atoms with Crippen molar-refractivity contribution in [2.45, 2.75) is 58.5 Å². The zero-order chi connectivity index (χ0) is 55.6. The Morgan fingerprint density at radius 3 is 1.68 bits per heavy atom. The number of pyridine rings is 2. The summed E-state index contributed by atoms with van der Waals surface area (Å²) in [6.45, 7) is 3.48. The Morgan fingerprint density at radius 1 is 0.615 bits per heavy atom. The van der Waals surface area contributed by atoms with Crippen LogP contribution in [0, 0.1) is 10.8 Å². The largest absolute Gasteiger partial charge is 0.396 e. The topological polar surface area (TPSA) is 275 Å². The van der Waals surface area contributed by atoms with Gasteiger partial charge in [-0.05, 0) is 97.6 Å². The van der Waals surface area contributed by atoms with Crippen LogP contribution in [0.4, 0.5) is 43.7 Å². The third kappa shape index (κ3) is 12.7. The van der Waals surface area contributed by atoms with Crippen LogP contribution in [0.1, 0.15) is 61.7 Å². The minimum Gasteiger partial charge on any atom is -0.396 e. The highest BCUT2D eigenvalue weighted by molar-refractivity contribution is 6.21. The van der Waals surface area contributed by atoms with E-state index in [1.165, 1.54) is 9.80 Å². The Bertz CT molecular complexity index is 3230. The molecule has 0 radical (unpaired) electrons. The molecule has 4 unspecified atom stereocenters. The maximum absolute atomic E-state index is 14.7. The number of nitrogens with zero attached hydrogens (tertiary/aromatic N) is 6. The van der Waals surface area contributed by atoms with Crippen molar-refractivity contribution in [2.24, 2.45) is 20.8 Å². The fraction of sp³-hybridized carbons (Fsp3) is 0.293. The van der Waals surface area contributed by atoms with E-state index in [1.54, 1.807) is 163 Å². The lowest BCUT2D eigenvalue weighted by molar-refractivity contribution is -0.131. The van der Waals surface area contributed by atoms with Crippen LogP contribution in [0.25, 0.3) is 0 Å². The minimum atomic E-state index is -1.49. The molecule has 4 aromatic carbocycles. The van der Waals surface area contributed by atoms with Crippen LogP contribution in [0.3, 0.4) is 0 Å². The van der Waals surface area contributed by atoms with Crippen LogP contribution in [0.5, 0.6) is 0 Å². The number of aryl methyl sites for hydroxylation is 1. The molecular weight excluding hydrogens is 993 g/mol. The summed E-state index contributed by atoms with van der Waals surface area (Å²) in [6.07, 6.45) is 0.0765. The van der Waals surface area contributed by atoms with Crippen LogP contribution < -0.4 is 41.7 Å². The number of urea groups is 2. The third-order valence-electron chi connectivity index (χ3n) is 13.9. The average molecular weight is 1060 g/mol. The van der Waals surface area contributed by atoms with Gasteiger partial charge in [-0.25, -0.2) is 19.6 Å². The van der Waals surface area contributed by atoms with Crippen LogP contribution in [0.15, 0.2) is 150 Å². The quantitative estimate of drug-likeness (QED) is 0.0414. The van der Waals surface area contributed by atoms with Crippen LogP contribution in [-0.2, 0) is 20.8 Å². The zero-order valence-electron chi connectivity index (χ0n) is 44.0. The first-order valence-corrected chi connectivity index (χ1v) is 25.5. The standard InChI is InChI=1S/C58H64N12O8/c1-57(2,34-71)47(73)32-69-45-23-8-6-19-41(45)49(43-21-10-12-26-61-43)65-51(53(69)75)68-56(78)64-40-29-36(28-39(31-40)60-5)16-15-25-58(3,35-72)48(74)33-70-46-24-9-7-20-42(46)50(44-22-11-13-27-62-44)66-52(54(70)76)67-55(77)63-38-18-14-17-37(30-38)59-4/h6-14,17-24,26-31,47,51-52,59-60,71-73H,15-16,25,32-35H2,1-5H3,(H2,63,67,77)(H2,64,68,78). The van der Waals surface area contributed by atoms with Gasteiger partial charge in [-0.2, -0.15) is 0 Å². The fourth-order valence-corrected chi connectivity index (χ4v) is 9.05. The highest BCUT2D eigenvalue weighted by atomic mass is 16.3. The summed E-state index contributed by atoms with van der Waals surface area (Å²) < 4.78 is 0. The molecule has 0 saturated carbocycles. The van der Waals surface area contributed by atoms with Gasteiger partial charge in [-0.1, -0.05) is 75.4 Å². The third-order valence-corrected chi connectivity index (χ3v) is 13.9. The van der Waals surface area contributed by atoms with E-state index in [9.17, 15) is 39.3 Å². The van der Waals surface area contributed by atoms with Gasteiger partial charge in [0.25, 0.3) is 11.8 Å². The monoisotopic (exact) mass is 1060 g/mol. The highest BCUT2D eigenvalue weighted by Gasteiger charge is 2.40. The minimum absolute atomic E-state index is 0.202. The van der Waals surface area contributed by atoms with Gasteiger partial charge in [0.2, 0.25) is 12.3 Å². The molecule has 4 atom stereocenters. The number of aromatic nitrogens is 2. The van der Waals surface area contributed by atoms with E-state index >= 15 is 0 Å². The smallest absolute Gasteiger partial charge is 0.321 e. The number of para-hydroxylation sites is 2. The predicted octanol–water partition coefficient (Wildman–Crippen LogP) is 6.19. The molecule has 20 nitrogen and oxygen atoms in total. The lowest BCUT2D eigenvalue weighted by Gasteiger charge is -2.34. The molecule has 78 heavy (non-hydrogen) atoms. The van der Waals surface area contributed by atoms with E-state index in [2.05, 4.69) is 41.9 Å². The number of aliphatic hydroxyl groups is 3. The number of β-amino-alcohol motifs (C(OH)–C–C–N with tert-alkyl or cyclic N) is 1. The lowest BCUT2D eigenvalue weighted by Crippen LogP contribution is -2.52. The summed E-state index contributed by atoms with van der Waals surface area (Å²) in [4.78, 5) is 92.6. The Morgan fingerprint density at radius 2 is 1.13 bits per heavy atom. The second-order valence-corrected chi connectivity index (χ2v) is 20.0. The van der Waals surface area contributed by atoms with Crippen LogP contribution in [0.2, 0.25) is 0 Å². The molecule has 6 amide bonds. The molecule has 0 bridgehead atoms. The number of anilines is 6. The molecule has 6 aromatic rings. The van der Waals surface area contributed by atoms with E-state index < -0.39 is 72.1 Å². The first-order chi connectivity index (χ1) is 37.5. The van der Waals surface area contributed by atoms with Crippen molar-refractivity contribution in [1.29, 1.82) is 0 Å². The van der Waals surface area contributed by atoms with E-state index in [-0.39, 0.29) is 19.6 Å². The van der Waals surface area contributed by atoms with Crippen molar-refractivity contribution >= 4 is 75.2 Å². The first kappa shape index (κ1) is 55.4. The summed E-state index contributed by atoms with van der Waals surface area (Å²) >= 11 is 0. The maximum atomic E-state index is 14.7. The van der Waals surface area contributed by atoms with Crippen molar-refractivity contribution in [1.82, 2.24) is 20.6 Å². The van der Waals surface area contributed by atoms with Gasteiger partial charge in [0.15, 0.2) is 5.78 Å². The summed E-state index contributed by atoms with van der Waals surface area (Å²) in [5, 5.41) is 49.5. The first-order valence-electron chi connectivity index (χ1n) is 25.5. The van der Waals surface area contributed by atoms with E-state index in [0.29, 0.717) is 75.2 Å². The highest BCUT2D eigenvalue weighted by Crippen LogP contribution is 2.34. The number of rotatable bonds is 20. The summed E-state index contributed by atoms with van der Waals surface area (Å²) in [7, 11) is 3.48. The zero-order valence-corrected chi connectivity index (χ0v) is 44.0. The number of hydrogen-bond acceptors (Lipinski definition) is 14. The molecule has 8 rings (SSSR count). The van der Waals surface area contributed by atoms with Crippen molar-refractivity contribution in [3.05, 3.63) is 168 Å². The van der Waals surface area contributed by atoms with Gasteiger partial charge in [0.1, 0.15) is 0 Å². The van der Waals surface area contributed by atoms with Gasteiger partial charge in [0.05, 0.1) is 72.0 Å². The second-order valence-electron chi connectivity index (χ2n) is 20.0. The van der Waals surface area contributed by atoms with Gasteiger partial charge in [0, 0.05) is 65.8 Å². The normalized spacial score (nSPS) is 16.4. The Kier molecular flexibility index (Phi) is 17.3. The number of benzodiazepines with no additional fused rings is 2. The van der Waals surface area contributed by atoms with Gasteiger partial charge < -0.3 is 57.0 Å². The number of fused-ring (bicyclic) bond motifs is 2. The number of aliphatic imine (C=N–C) groups is 2. The Hall–Kier alpha value is -8.85. The number of benzene rings is 4. The number of Topliss-reactive ketones (excluding diaryl/α,β-unsaturated/α-hetero) is 1. The predicted molar refractivity (Wildman–Crippen MR) is 301 cm³/mol. The van der Waals surface area contributed by atoms with Crippen molar-refractivity contribution < 1.29 is 39.3 Å². The molecule has 0 aliphatic carbocycles. The summed E-state index contributed by atoms with van der Waals surface area (Å²) in [6, 6.07) is 35.5. The molecule has 404 valence electrons. The SMILES string of the molecule is CNc1cccc(NC(=O)NC2N=C(c3ccccn3)c3ccccc3N(CC(=O)C(C)(CO)CCCc3cc(NC)cc(NC(=O)NC4N=C(c5ccccn5)c5ccccc5N(CC(O)C(C)(C)CO)C4=O)c3)C2=O)c1. The molecule has 2 aliphatic heterocycles. The molecule has 9 N–H and O–H groups in total. The maximum Gasteiger partial charge on any atom is 0.321 e. The second kappa shape index (κ2) is 24.4. The number of carbonyl (C=O) groups is 5. The van der Waals surface area contributed by atoms with Gasteiger partial charge >= 0.3 is 12.1 Å². The number of carbonyl (C=O) groups excluding carboxylic acids is 5. The number of ketones is 1. The molecule has 2 aliphatic rings. The molecule has 20 heteroatoms. The molecule has 2 aromatic heterocycles. The van der Waals surface area contributed by atoms with E-state index in [0.717, 1.165) is 11.3 Å². The molecule has 0 saturated heterocycles. The van der Waals surface area contributed by atoms with Gasteiger partial charge in [-0.3, -0.25) is 24.4 Å². The van der Waals surface area contributed by atoms with Crippen LogP contribution in [-0.4, -0.2) is 125 Å². The van der Waals surface area contributed by atoms with E-state index in [4.69, 9.17) is 9.98 Å². The lowest BCUT2D eigenvalue weighted by atomic mass is 9.80. The molecule has 0 spiro atoms. The Labute approximate surface area is 452 Å². The number of hydrogen-bond donors (Lipinski definition) is 9. The summed E-state index contributed by atoms with van der Waals surface area (Å²) in [5.41, 5.74) is 4.14.